The van der Waals surface area contributed by atoms with Crippen LogP contribution in [-0.2, 0) is 11.4 Å². The van der Waals surface area contributed by atoms with Crippen molar-refractivity contribution >= 4 is 45.5 Å². The standard InChI is InChI=1S/C23H22BrClN2O3/c24-17-9-6-15(7-10-17)14-30-21-11-8-16(12-19(21)25)13-20-22(28)27(23(29)26-20)18-4-2-1-3-5-18/h6-13,18H,1-5,14H2,(H,26,29)/b20-13-. The number of carbonyl (C=O) groups is 2. The van der Waals surface area contributed by atoms with E-state index in [0.717, 1.165) is 47.7 Å². The van der Waals surface area contributed by atoms with Crippen LogP contribution in [0, 0.1) is 0 Å². The molecule has 1 aliphatic heterocycles. The molecule has 1 N–H and O–H groups in total. The van der Waals surface area contributed by atoms with Crippen molar-refractivity contribution in [3.05, 3.63) is 68.8 Å². The minimum Gasteiger partial charge on any atom is -0.487 e. The Morgan fingerprint density at radius 2 is 1.83 bits per heavy atom. The summed E-state index contributed by atoms with van der Waals surface area (Å²) >= 11 is 9.79. The first-order valence-electron chi connectivity index (χ1n) is 10.0. The fourth-order valence-electron chi connectivity index (χ4n) is 3.85. The van der Waals surface area contributed by atoms with Crippen molar-refractivity contribution in [2.45, 2.75) is 44.8 Å². The molecule has 0 aromatic heterocycles. The molecule has 30 heavy (non-hydrogen) atoms. The van der Waals surface area contributed by atoms with Crippen LogP contribution in [0.5, 0.6) is 5.75 Å². The third-order valence-corrected chi connectivity index (χ3v) is 6.25. The summed E-state index contributed by atoms with van der Waals surface area (Å²) in [5.41, 5.74) is 2.04. The Balaban J connectivity index is 1.44. The first-order chi connectivity index (χ1) is 14.5. The molecule has 0 radical (unpaired) electrons. The molecule has 7 heteroatoms. The first kappa shape index (κ1) is 20.9. The summed E-state index contributed by atoms with van der Waals surface area (Å²) in [5, 5.41) is 3.15. The highest BCUT2D eigenvalue weighted by Gasteiger charge is 2.38. The Morgan fingerprint density at radius 3 is 2.53 bits per heavy atom. The fourth-order valence-corrected chi connectivity index (χ4v) is 4.36. The number of amides is 3. The van der Waals surface area contributed by atoms with Crippen LogP contribution in [0.25, 0.3) is 6.08 Å². The van der Waals surface area contributed by atoms with Crippen molar-refractivity contribution in [3.8, 4) is 5.75 Å². The van der Waals surface area contributed by atoms with Crippen LogP contribution in [0.2, 0.25) is 5.02 Å². The number of urea groups is 1. The van der Waals surface area contributed by atoms with Gasteiger partial charge in [0, 0.05) is 10.5 Å². The molecule has 2 fully saturated rings. The molecule has 156 valence electrons. The number of nitrogens with one attached hydrogen (secondary N) is 1. The molecule has 0 bridgehead atoms. The van der Waals surface area contributed by atoms with Gasteiger partial charge < -0.3 is 10.1 Å². The number of halogens is 2. The van der Waals surface area contributed by atoms with Gasteiger partial charge in [0.15, 0.2) is 0 Å². The topological polar surface area (TPSA) is 58.6 Å². The van der Waals surface area contributed by atoms with Crippen LogP contribution in [-0.4, -0.2) is 22.9 Å². The van der Waals surface area contributed by atoms with Crippen LogP contribution in [0.15, 0.2) is 52.6 Å². The molecule has 2 aliphatic rings. The molecule has 2 aromatic rings. The van der Waals surface area contributed by atoms with Gasteiger partial charge in [-0.3, -0.25) is 9.69 Å². The molecule has 0 unspecified atom stereocenters. The third kappa shape index (κ3) is 4.71. The predicted molar refractivity (Wildman–Crippen MR) is 120 cm³/mol. The van der Waals surface area contributed by atoms with Gasteiger partial charge >= 0.3 is 6.03 Å². The quantitative estimate of drug-likeness (QED) is 0.420. The van der Waals surface area contributed by atoms with E-state index in [1.54, 1.807) is 18.2 Å². The zero-order valence-electron chi connectivity index (χ0n) is 16.4. The highest BCUT2D eigenvalue weighted by molar-refractivity contribution is 9.10. The minimum atomic E-state index is -0.335. The Morgan fingerprint density at radius 1 is 1.10 bits per heavy atom. The molecule has 0 spiro atoms. The van der Waals surface area contributed by atoms with E-state index in [2.05, 4.69) is 21.2 Å². The summed E-state index contributed by atoms with van der Waals surface area (Å²) in [6, 6.07) is 12.8. The van der Waals surface area contributed by atoms with Crippen LogP contribution in [0.1, 0.15) is 43.2 Å². The number of hydrogen-bond acceptors (Lipinski definition) is 3. The van der Waals surface area contributed by atoms with Gasteiger partial charge in [-0.2, -0.15) is 0 Å². The summed E-state index contributed by atoms with van der Waals surface area (Å²) in [4.78, 5) is 26.5. The van der Waals surface area contributed by atoms with E-state index in [-0.39, 0.29) is 23.7 Å². The number of carbonyl (C=O) groups excluding carboxylic acids is 2. The van der Waals surface area contributed by atoms with E-state index in [0.29, 0.717) is 17.4 Å². The largest absolute Gasteiger partial charge is 0.487 e. The van der Waals surface area contributed by atoms with Crippen LogP contribution < -0.4 is 10.1 Å². The fraction of sp³-hybridized carbons (Fsp3) is 0.304. The molecule has 3 amide bonds. The second-order valence-electron chi connectivity index (χ2n) is 7.56. The number of ether oxygens (including phenoxy) is 1. The molecule has 2 aromatic carbocycles. The summed E-state index contributed by atoms with van der Waals surface area (Å²) in [5.74, 6) is 0.297. The molecule has 4 rings (SSSR count). The number of rotatable bonds is 5. The predicted octanol–water partition coefficient (Wildman–Crippen LogP) is 5.91. The highest BCUT2D eigenvalue weighted by Crippen LogP contribution is 2.29. The van der Waals surface area contributed by atoms with Gasteiger partial charge in [-0.15, -0.1) is 0 Å². The molecule has 1 saturated heterocycles. The second kappa shape index (κ2) is 9.23. The number of imide groups is 1. The SMILES string of the molecule is O=C1N/C(=C\c2ccc(OCc3ccc(Br)cc3)c(Cl)c2)C(=O)N1C1CCCCC1. The maximum absolute atomic E-state index is 12.8. The van der Waals surface area contributed by atoms with Gasteiger partial charge in [0.1, 0.15) is 18.1 Å². The van der Waals surface area contributed by atoms with Crippen LogP contribution in [0.3, 0.4) is 0 Å². The van der Waals surface area contributed by atoms with E-state index in [1.165, 1.54) is 4.90 Å². The normalized spacial score (nSPS) is 18.7. The van der Waals surface area contributed by atoms with E-state index in [1.807, 2.05) is 30.3 Å². The van der Waals surface area contributed by atoms with Crippen LogP contribution in [0.4, 0.5) is 4.79 Å². The van der Waals surface area contributed by atoms with Crippen molar-refractivity contribution in [2.75, 3.05) is 0 Å². The molecular weight excluding hydrogens is 468 g/mol. The summed E-state index contributed by atoms with van der Waals surface area (Å²) in [7, 11) is 0. The molecule has 5 nitrogen and oxygen atoms in total. The Labute approximate surface area is 189 Å². The van der Waals surface area contributed by atoms with Crippen LogP contribution >= 0.6 is 27.5 Å². The number of hydrogen-bond donors (Lipinski definition) is 1. The van der Waals surface area contributed by atoms with Crippen molar-refractivity contribution in [1.82, 2.24) is 10.2 Å². The molecular formula is C23H22BrClN2O3. The third-order valence-electron chi connectivity index (χ3n) is 5.42. The first-order valence-corrected chi connectivity index (χ1v) is 11.2. The lowest BCUT2D eigenvalue weighted by atomic mass is 9.94. The lowest BCUT2D eigenvalue weighted by Gasteiger charge is -2.28. The highest BCUT2D eigenvalue weighted by atomic mass is 79.9. The van der Waals surface area contributed by atoms with Crippen molar-refractivity contribution in [3.63, 3.8) is 0 Å². The van der Waals surface area contributed by atoms with Gasteiger partial charge in [-0.05, 0) is 54.3 Å². The monoisotopic (exact) mass is 488 g/mol. The zero-order chi connectivity index (χ0) is 21.1. The maximum Gasteiger partial charge on any atom is 0.329 e. The molecule has 1 saturated carbocycles. The zero-order valence-corrected chi connectivity index (χ0v) is 18.7. The molecule has 1 aliphatic carbocycles. The van der Waals surface area contributed by atoms with E-state index in [9.17, 15) is 9.59 Å². The number of benzene rings is 2. The Hall–Kier alpha value is -2.31. The number of nitrogens with zero attached hydrogens (tertiary/aromatic N) is 1. The lowest BCUT2D eigenvalue weighted by molar-refractivity contribution is -0.124. The minimum absolute atomic E-state index is 0.00451. The average Bonchev–Trinajstić information content (AvgIpc) is 3.02. The van der Waals surface area contributed by atoms with E-state index < -0.39 is 0 Å². The van der Waals surface area contributed by atoms with Gasteiger partial charge in [0.2, 0.25) is 0 Å². The Kier molecular flexibility index (Phi) is 6.44. The van der Waals surface area contributed by atoms with Gasteiger partial charge in [0.05, 0.1) is 5.02 Å². The van der Waals surface area contributed by atoms with Crippen molar-refractivity contribution in [2.24, 2.45) is 0 Å². The van der Waals surface area contributed by atoms with Crippen molar-refractivity contribution in [1.29, 1.82) is 0 Å². The van der Waals surface area contributed by atoms with Crippen molar-refractivity contribution < 1.29 is 14.3 Å². The lowest BCUT2D eigenvalue weighted by Crippen LogP contribution is -2.41. The molecule has 0 atom stereocenters. The van der Waals surface area contributed by atoms with Gasteiger partial charge in [-0.25, -0.2) is 4.79 Å². The molecule has 1 heterocycles. The summed E-state index contributed by atoms with van der Waals surface area (Å²) < 4.78 is 6.82. The summed E-state index contributed by atoms with van der Waals surface area (Å²) in [6.45, 7) is 0.401. The average molecular weight is 490 g/mol. The van der Waals surface area contributed by atoms with E-state index in [4.69, 9.17) is 16.3 Å². The van der Waals surface area contributed by atoms with Gasteiger partial charge in [0.25, 0.3) is 5.91 Å². The second-order valence-corrected chi connectivity index (χ2v) is 8.88. The smallest absolute Gasteiger partial charge is 0.329 e. The maximum atomic E-state index is 12.8. The van der Waals surface area contributed by atoms with Gasteiger partial charge in [-0.1, -0.05) is 65.0 Å². The Bertz CT molecular complexity index is 984. The van der Waals surface area contributed by atoms with E-state index >= 15 is 0 Å². The summed E-state index contributed by atoms with van der Waals surface area (Å²) in [6.07, 6.45) is 6.69.